The van der Waals surface area contributed by atoms with E-state index < -0.39 is 22.0 Å². The average molecular weight is 367 g/mol. The molecule has 1 saturated heterocycles. The third-order valence-electron chi connectivity index (χ3n) is 4.85. The molecule has 1 fully saturated rings. The average Bonchev–Trinajstić information content (AvgIpc) is 3.08. The van der Waals surface area contributed by atoms with Crippen molar-refractivity contribution in [1.82, 2.24) is 4.90 Å². The first-order valence-corrected chi connectivity index (χ1v) is 9.68. The molecule has 1 aromatic rings. The summed E-state index contributed by atoms with van der Waals surface area (Å²) in [5.41, 5.74) is 1.42. The second-order valence-electron chi connectivity index (χ2n) is 6.62. The maximum absolute atomic E-state index is 12.8. The molecular formula is C16H21N3O5S. The summed E-state index contributed by atoms with van der Waals surface area (Å²) in [4.78, 5) is 27.4. The van der Waals surface area contributed by atoms with E-state index in [4.69, 9.17) is 5.14 Å². The molecule has 0 aliphatic carbocycles. The van der Waals surface area contributed by atoms with E-state index in [2.05, 4.69) is 0 Å². The number of nitrogens with zero attached hydrogens (tertiary/aromatic N) is 2. The van der Waals surface area contributed by atoms with Crippen molar-refractivity contribution >= 4 is 27.6 Å². The van der Waals surface area contributed by atoms with E-state index in [1.807, 2.05) is 6.92 Å². The van der Waals surface area contributed by atoms with Crippen molar-refractivity contribution in [2.45, 2.75) is 43.2 Å². The van der Waals surface area contributed by atoms with Crippen molar-refractivity contribution < 1.29 is 23.1 Å². The van der Waals surface area contributed by atoms with E-state index in [1.165, 1.54) is 12.1 Å². The number of rotatable bonds is 4. The Balaban J connectivity index is 1.82. The molecular weight excluding hydrogens is 346 g/mol. The van der Waals surface area contributed by atoms with Gasteiger partial charge in [0.15, 0.2) is 0 Å². The molecule has 2 heterocycles. The zero-order valence-corrected chi connectivity index (χ0v) is 14.7. The molecule has 2 atom stereocenters. The first kappa shape index (κ1) is 17.8. The Labute approximate surface area is 146 Å². The number of nitrogens with two attached hydrogens (primary N) is 1. The third-order valence-corrected chi connectivity index (χ3v) is 5.76. The Kier molecular flexibility index (Phi) is 4.56. The molecule has 3 rings (SSSR count). The van der Waals surface area contributed by atoms with Gasteiger partial charge in [-0.25, -0.2) is 13.6 Å². The van der Waals surface area contributed by atoms with Crippen LogP contribution in [0.3, 0.4) is 0 Å². The molecule has 136 valence electrons. The van der Waals surface area contributed by atoms with Gasteiger partial charge in [-0.3, -0.25) is 14.5 Å². The molecule has 9 heteroatoms. The molecule has 25 heavy (non-hydrogen) atoms. The lowest BCUT2D eigenvalue weighted by molar-refractivity contribution is -0.142. The van der Waals surface area contributed by atoms with E-state index in [1.54, 1.807) is 15.9 Å². The van der Waals surface area contributed by atoms with E-state index in [-0.39, 0.29) is 23.4 Å². The van der Waals surface area contributed by atoms with Crippen LogP contribution in [0.2, 0.25) is 0 Å². The van der Waals surface area contributed by atoms with Crippen molar-refractivity contribution in [1.29, 1.82) is 0 Å². The summed E-state index contributed by atoms with van der Waals surface area (Å²) in [7, 11) is -3.79. The fourth-order valence-electron chi connectivity index (χ4n) is 3.71. The molecule has 2 aliphatic rings. The molecule has 8 nitrogen and oxygen atoms in total. The quantitative estimate of drug-likeness (QED) is 0.782. The normalized spacial score (nSPS) is 23.7. The summed E-state index contributed by atoms with van der Waals surface area (Å²) in [6.45, 7) is 2.51. The lowest BCUT2D eigenvalue weighted by Gasteiger charge is -2.27. The largest absolute Gasteiger partial charge is 0.480 e. The Bertz CT molecular complexity index is 823. The highest BCUT2D eigenvalue weighted by molar-refractivity contribution is 7.89. The first-order chi connectivity index (χ1) is 11.7. The van der Waals surface area contributed by atoms with Gasteiger partial charge >= 0.3 is 5.97 Å². The molecule has 0 aromatic heterocycles. The summed E-state index contributed by atoms with van der Waals surface area (Å²) in [5.74, 6) is -1.08. The van der Waals surface area contributed by atoms with Gasteiger partial charge in [0.05, 0.1) is 11.4 Å². The number of fused-ring (bicyclic) bond motifs is 1. The number of aliphatic carboxylic acids is 1. The van der Waals surface area contributed by atoms with Gasteiger partial charge in [-0.15, -0.1) is 0 Å². The second-order valence-corrected chi connectivity index (χ2v) is 8.18. The number of carbonyl (C=O) groups excluding carboxylic acids is 1. The maximum Gasteiger partial charge on any atom is 0.320 e. The van der Waals surface area contributed by atoms with Gasteiger partial charge in [0, 0.05) is 11.7 Å². The number of carboxylic acids is 1. The van der Waals surface area contributed by atoms with Crippen LogP contribution in [0, 0.1) is 0 Å². The summed E-state index contributed by atoms with van der Waals surface area (Å²) >= 11 is 0. The van der Waals surface area contributed by atoms with Gasteiger partial charge in [0.2, 0.25) is 15.9 Å². The van der Waals surface area contributed by atoms with Crippen molar-refractivity contribution in [2.75, 3.05) is 18.0 Å². The summed E-state index contributed by atoms with van der Waals surface area (Å²) in [6.07, 6.45) is 1.84. The van der Waals surface area contributed by atoms with E-state index in [9.17, 15) is 23.1 Å². The highest BCUT2D eigenvalue weighted by Gasteiger charge is 2.36. The number of hydrogen-bond donors (Lipinski definition) is 2. The predicted octanol–water partition coefficient (Wildman–Crippen LogP) is 0.161. The molecule has 1 amide bonds. The SMILES string of the molecule is CC1Cc2cc(S(N)(=O)=O)ccc2N1C(=O)CN1CCCC1C(=O)O. The number of primary sulfonamides is 1. The van der Waals surface area contributed by atoms with Gasteiger partial charge in [-0.1, -0.05) is 0 Å². The maximum atomic E-state index is 12.8. The number of carboxylic acid groups (broad SMARTS) is 1. The lowest BCUT2D eigenvalue weighted by Crippen LogP contribution is -2.46. The molecule has 2 unspecified atom stereocenters. The number of sulfonamides is 1. The number of anilines is 1. The smallest absolute Gasteiger partial charge is 0.320 e. The molecule has 2 aliphatic heterocycles. The minimum absolute atomic E-state index is 0.0261. The first-order valence-electron chi connectivity index (χ1n) is 8.13. The van der Waals surface area contributed by atoms with Crippen LogP contribution < -0.4 is 10.0 Å². The van der Waals surface area contributed by atoms with Crippen LogP contribution in [0.25, 0.3) is 0 Å². The number of benzene rings is 1. The van der Waals surface area contributed by atoms with Crippen LogP contribution in [0.1, 0.15) is 25.3 Å². The molecule has 3 N–H and O–H groups in total. The summed E-state index contributed by atoms with van der Waals surface area (Å²) in [5, 5.41) is 14.4. The fourth-order valence-corrected chi connectivity index (χ4v) is 4.27. The van der Waals surface area contributed by atoms with Crippen LogP contribution in [0.5, 0.6) is 0 Å². The lowest BCUT2D eigenvalue weighted by atomic mass is 10.1. The molecule has 0 spiro atoms. The summed E-state index contributed by atoms with van der Waals surface area (Å²) in [6, 6.07) is 3.75. The summed E-state index contributed by atoms with van der Waals surface area (Å²) < 4.78 is 23.0. The monoisotopic (exact) mass is 367 g/mol. The van der Waals surface area contributed by atoms with E-state index in [0.29, 0.717) is 25.1 Å². The van der Waals surface area contributed by atoms with Crippen LogP contribution >= 0.6 is 0 Å². The van der Waals surface area contributed by atoms with Crippen LogP contribution in [0.15, 0.2) is 23.1 Å². The van der Waals surface area contributed by atoms with Gasteiger partial charge < -0.3 is 10.0 Å². The van der Waals surface area contributed by atoms with Crippen molar-refractivity contribution in [2.24, 2.45) is 5.14 Å². The van der Waals surface area contributed by atoms with Gasteiger partial charge in [0.1, 0.15) is 6.04 Å². The van der Waals surface area contributed by atoms with E-state index >= 15 is 0 Å². The highest BCUT2D eigenvalue weighted by Crippen LogP contribution is 2.34. The van der Waals surface area contributed by atoms with Crippen LogP contribution in [-0.4, -0.2) is 55.5 Å². The number of amides is 1. The van der Waals surface area contributed by atoms with E-state index in [0.717, 1.165) is 12.0 Å². The minimum Gasteiger partial charge on any atom is -0.480 e. The standard InChI is InChI=1S/C16H21N3O5S/c1-10-7-11-8-12(25(17,23)24)4-5-13(11)19(10)15(20)9-18-6-2-3-14(18)16(21)22/h4-5,8,10,14H,2-3,6-7,9H2,1H3,(H,21,22)(H2,17,23,24). The van der Waals surface area contributed by atoms with Crippen LogP contribution in [0.4, 0.5) is 5.69 Å². The van der Waals surface area contributed by atoms with Gasteiger partial charge in [0.25, 0.3) is 0 Å². The van der Waals surface area contributed by atoms with Crippen molar-refractivity contribution in [3.8, 4) is 0 Å². The predicted molar refractivity (Wildman–Crippen MR) is 90.7 cm³/mol. The Hall–Kier alpha value is -1.97. The Morgan fingerprint density at radius 1 is 1.36 bits per heavy atom. The zero-order chi connectivity index (χ0) is 18.4. The highest BCUT2D eigenvalue weighted by atomic mass is 32.2. The Morgan fingerprint density at radius 3 is 2.72 bits per heavy atom. The fraction of sp³-hybridized carbons (Fsp3) is 0.500. The van der Waals surface area contributed by atoms with Crippen LogP contribution in [-0.2, 0) is 26.0 Å². The second kappa shape index (κ2) is 6.40. The molecule has 0 saturated carbocycles. The third kappa shape index (κ3) is 3.39. The van der Waals surface area contributed by atoms with Gasteiger partial charge in [-0.05, 0) is 56.5 Å². The van der Waals surface area contributed by atoms with Crippen molar-refractivity contribution in [3.05, 3.63) is 23.8 Å². The number of hydrogen-bond acceptors (Lipinski definition) is 5. The molecule has 0 radical (unpaired) electrons. The van der Waals surface area contributed by atoms with Gasteiger partial charge in [-0.2, -0.15) is 0 Å². The molecule has 1 aromatic carbocycles. The number of carbonyl (C=O) groups is 2. The topological polar surface area (TPSA) is 121 Å². The zero-order valence-electron chi connectivity index (χ0n) is 13.9. The minimum atomic E-state index is -3.79. The molecule has 0 bridgehead atoms. The Morgan fingerprint density at radius 2 is 2.08 bits per heavy atom. The number of likely N-dealkylation sites (tertiary alicyclic amines) is 1. The van der Waals surface area contributed by atoms with Crippen molar-refractivity contribution in [3.63, 3.8) is 0 Å².